The van der Waals surface area contributed by atoms with E-state index >= 15 is 0 Å². The molecule has 2 saturated heterocycles. The second kappa shape index (κ2) is 10.1. The molecule has 0 saturated carbocycles. The molecule has 2 fully saturated rings. The second-order valence-electron chi connectivity index (χ2n) is 9.42. The molecular formula is C27H36N2O3. The number of methoxy groups -OCH3 is 1. The maximum Gasteiger partial charge on any atom is 0.229 e. The van der Waals surface area contributed by atoms with Crippen LogP contribution >= 0.6 is 0 Å². The molecule has 4 rings (SSSR count). The van der Waals surface area contributed by atoms with Gasteiger partial charge in [0.05, 0.1) is 12.5 Å². The Bertz CT molecular complexity index is 897. The number of benzene rings is 2. The summed E-state index contributed by atoms with van der Waals surface area (Å²) in [6.45, 7) is 3.43. The average Bonchev–Trinajstić information content (AvgIpc) is 2.84. The zero-order valence-electron chi connectivity index (χ0n) is 19.7. The molecule has 2 aromatic carbocycles. The maximum atomic E-state index is 13.8. The summed E-state index contributed by atoms with van der Waals surface area (Å²) in [4.78, 5) is 18.2. The first kappa shape index (κ1) is 22.8. The summed E-state index contributed by atoms with van der Waals surface area (Å²) in [6, 6.07) is 17.0. The van der Waals surface area contributed by atoms with Crippen molar-refractivity contribution in [1.29, 1.82) is 0 Å². The van der Waals surface area contributed by atoms with E-state index in [1.807, 2.05) is 25.2 Å². The summed E-state index contributed by atoms with van der Waals surface area (Å²) in [7, 11) is 5.88. The molecule has 2 aliphatic rings. The van der Waals surface area contributed by atoms with E-state index in [9.17, 15) is 4.79 Å². The van der Waals surface area contributed by atoms with Crippen LogP contribution in [-0.2, 0) is 16.0 Å². The Morgan fingerprint density at radius 3 is 2.41 bits per heavy atom. The lowest BCUT2D eigenvalue weighted by Crippen LogP contribution is -2.52. The highest BCUT2D eigenvalue weighted by molar-refractivity contribution is 5.83. The van der Waals surface area contributed by atoms with Gasteiger partial charge in [0.2, 0.25) is 5.91 Å². The minimum atomic E-state index is -0.373. The fourth-order valence-corrected chi connectivity index (χ4v) is 5.23. The van der Waals surface area contributed by atoms with Gasteiger partial charge in [0.1, 0.15) is 5.75 Å². The first-order valence-corrected chi connectivity index (χ1v) is 11.8. The number of hydrogen-bond acceptors (Lipinski definition) is 4. The van der Waals surface area contributed by atoms with Gasteiger partial charge in [-0.2, -0.15) is 0 Å². The molecule has 2 heterocycles. The quantitative estimate of drug-likeness (QED) is 0.679. The van der Waals surface area contributed by atoms with Crippen molar-refractivity contribution in [2.45, 2.75) is 38.1 Å². The summed E-state index contributed by atoms with van der Waals surface area (Å²) < 4.78 is 11.2. The van der Waals surface area contributed by atoms with Gasteiger partial charge in [-0.3, -0.25) is 4.79 Å². The normalized spacial score (nSPS) is 19.5. The Morgan fingerprint density at radius 2 is 1.75 bits per heavy atom. The number of nitrogens with zero attached hydrogens (tertiary/aromatic N) is 2. The molecule has 0 atom stereocenters. The molecular weight excluding hydrogens is 400 g/mol. The molecule has 32 heavy (non-hydrogen) atoms. The second-order valence-corrected chi connectivity index (χ2v) is 9.42. The van der Waals surface area contributed by atoms with Crippen molar-refractivity contribution in [1.82, 2.24) is 9.80 Å². The van der Waals surface area contributed by atoms with Gasteiger partial charge >= 0.3 is 0 Å². The predicted octanol–water partition coefficient (Wildman–Crippen LogP) is 4.25. The number of piperidine rings is 1. The number of ether oxygens (including phenoxy) is 2. The molecule has 2 aromatic rings. The van der Waals surface area contributed by atoms with Crippen LogP contribution in [0.15, 0.2) is 48.5 Å². The van der Waals surface area contributed by atoms with Gasteiger partial charge in [0.15, 0.2) is 0 Å². The predicted molar refractivity (Wildman–Crippen MR) is 128 cm³/mol. The van der Waals surface area contributed by atoms with E-state index < -0.39 is 0 Å². The van der Waals surface area contributed by atoms with E-state index in [2.05, 4.69) is 47.2 Å². The lowest BCUT2D eigenvalue weighted by atomic mass is 9.73. The molecule has 2 aliphatic heterocycles. The van der Waals surface area contributed by atoms with E-state index in [1.54, 1.807) is 7.11 Å². The third-order valence-corrected chi connectivity index (χ3v) is 7.37. The molecule has 0 unspecified atom stereocenters. The SMILES string of the molecule is COc1ccccc1-c1ccc(CC2(C(=O)N(C)C3CCN(C)CC3)CCOCC2)cc1. The summed E-state index contributed by atoms with van der Waals surface area (Å²) in [5.41, 5.74) is 3.04. The van der Waals surface area contributed by atoms with Crippen LogP contribution < -0.4 is 4.74 Å². The monoisotopic (exact) mass is 436 g/mol. The highest BCUT2D eigenvalue weighted by Crippen LogP contribution is 2.38. The van der Waals surface area contributed by atoms with Gasteiger partial charge in [0.25, 0.3) is 0 Å². The third kappa shape index (κ3) is 4.84. The summed E-state index contributed by atoms with van der Waals surface area (Å²) in [5, 5.41) is 0. The molecule has 0 aromatic heterocycles. The lowest BCUT2D eigenvalue weighted by molar-refractivity contribution is -0.149. The van der Waals surface area contributed by atoms with Crippen molar-refractivity contribution in [3.05, 3.63) is 54.1 Å². The van der Waals surface area contributed by atoms with E-state index in [4.69, 9.17) is 9.47 Å². The number of hydrogen-bond donors (Lipinski definition) is 0. The minimum absolute atomic E-state index is 0.296. The van der Waals surface area contributed by atoms with Crippen LogP contribution in [-0.4, -0.2) is 69.3 Å². The summed E-state index contributed by atoms with van der Waals surface area (Å²) in [6.07, 6.45) is 4.45. The first-order valence-electron chi connectivity index (χ1n) is 11.8. The number of carbonyl (C=O) groups excluding carboxylic acids is 1. The minimum Gasteiger partial charge on any atom is -0.496 e. The van der Waals surface area contributed by atoms with E-state index in [1.165, 1.54) is 5.56 Å². The van der Waals surface area contributed by atoms with Gasteiger partial charge in [-0.15, -0.1) is 0 Å². The molecule has 0 N–H and O–H groups in total. The van der Waals surface area contributed by atoms with Crippen molar-refractivity contribution in [3.8, 4) is 16.9 Å². The molecule has 0 aliphatic carbocycles. The van der Waals surface area contributed by atoms with Crippen LogP contribution in [0.25, 0.3) is 11.1 Å². The Labute approximate surface area is 192 Å². The molecule has 1 amide bonds. The number of likely N-dealkylation sites (tertiary alicyclic amines) is 1. The Balaban J connectivity index is 1.53. The number of para-hydroxylation sites is 1. The van der Waals surface area contributed by atoms with Crippen LogP contribution in [0.1, 0.15) is 31.2 Å². The van der Waals surface area contributed by atoms with Crippen LogP contribution in [0, 0.1) is 5.41 Å². The summed E-state index contributed by atoms with van der Waals surface area (Å²) in [5.74, 6) is 1.17. The molecule has 0 bridgehead atoms. The smallest absolute Gasteiger partial charge is 0.229 e. The summed E-state index contributed by atoms with van der Waals surface area (Å²) >= 11 is 0. The van der Waals surface area contributed by atoms with Crippen molar-refractivity contribution in [3.63, 3.8) is 0 Å². The van der Waals surface area contributed by atoms with Crippen molar-refractivity contribution in [2.24, 2.45) is 5.41 Å². The molecule has 0 spiro atoms. The van der Waals surface area contributed by atoms with Crippen LogP contribution in [0.4, 0.5) is 0 Å². The Hall–Kier alpha value is -2.37. The largest absolute Gasteiger partial charge is 0.496 e. The Kier molecular flexibility index (Phi) is 7.17. The molecule has 5 nitrogen and oxygen atoms in total. The van der Waals surface area contributed by atoms with Crippen LogP contribution in [0.3, 0.4) is 0 Å². The van der Waals surface area contributed by atoms with E-state index in [-0.39, 0.29) is 5.41 Å². The molecule has 172 valence electrons. The zero-order chi connectivity index (χ0) is 22.6. The van der Waals surface area contributed by atoms with Crippen molar-refractivity contribution < 1.29 is 14.3 Å². The highest BCUT2D eigenvalue weighted by atomic mass is 16.5. The number of carbonyl (C=O) groups is 1. The van der Waals surface area contributed by atoms with Crippen molar-refractivity contribution >= 4 is 5.91 Å². The molecule has 5 heteroatoms. The van der Waals surface area contributed by atoms with Gasteiger partial charge in [-0.1, -0.05) is 42.5 Å². The highest BCUT2D eigenvalue weighted by Gasteiger charge is 2.43. The third-order valence-electron chi connectivity index (χ3n) is 7.37. The van der Waals surface area contributed by atoms with Gasteiger partial charge in [-0.25, -0.2) is 0 Å². The zero-order valence-corrected chi connectivity index (χ0v) is 19.7. The van der Waals surface area contributed by atoms with Crippen LogP contribution in [0.5, 0.6) is 5.75 Å². The van der Waals surface area contributed by atoms with Gasteiger partial charge < -0.3 is 19.3 Å². The van der Waals surface area contributed by atoms with E-state index in [0.717, 1.165) is 62.1 Å². The maximum absolute atomic E-state index is 13.8. The number of amides is 1. The topological polar surface area (TPSA) is 42.0 Å². The standard InChI is InChI=1S/C27H36N2O3/c1-28-16-12-23(13-17-28)29(2)26(30)27(14-18-32-19-15-27)20-21-8-10-22(11-9-21)24-6-4-5-7-25(24)31-3/h4-11,23H,12-20H2,1-3H3. The van der Waals surface area contributed by atoms with Crippen molar-refractivity contribution in [2.75, 3.05) is 47.5 Å². The molecule has 0 radical (unpaired) electrons. The van der Waals surface area contributed by atoms with Gasteiger partial charge in [-0.05, 0) is 69.4 Å². The fourth-order valence-electron chi connectivity index (χ4n) is 5.23. The fraction of sp³-hybridized carbons (Fsp3) is 0.519. The Morgan fingerprint density at radius 1 is 1.09 bits per heavy atom. The lowest BCUT2D eigenvalue weighted by Gasteiger charge is -2.43. The van der Waals surface area contributed by atoms with E-state index in [0.29, 0.717) is 25.2 Å². The average molecular weight is 437 g/mol. The number of rotatable bonds is 6. The van der Waals surface area contributed by atoms with Crippen LogP contribution in [0.2, 0.25) is 0 Å². The van der Waals surface area contributed by atoms with Gasteiger partial charge in [0, 0.05) is 31.9 Å². The first-order chi connectivity index (χ1) is 15.5.